The van der Waals surface area contributed by atoms with E-state index < -0.39 is 24.4 Å². The number of fused-ring (bicyclic) bond motifs is 1. The van der Waals surface area contributed by atoms with E-state index in [1.165, 1.54) is 6.07 Å². The second kappa shape index (κ2) is 12.5. The number of nitrogens with zero attached hydrogens (tertiary/aromatic N) is 2. The van der Waals surface area contributed by atoms with Crippen molar-refractivity contribution < 1.29 is 28.5 Å². The summed E-state index contributed by atoms with van der Waals surface area (Å²) in [6.45, 7) is 1.99. The first-order chi connectivity index (χ1) is 17.4. The Labute approximate surface area is 219 Å². The molecule has 3 atom stereocenters. The van der Waals surface area contributed by atoms with Gasteiger partial charge in [0.2, 0.25) is 0 Å². The fourth-order valence-corrected chi connectivity index (χ4v) is 8.21. The van der Waals surface area contributed by atoms with Gasteiger partial charge in [-0.1, -0.05) is 0 Å². The minimum absolute atomic E-state index is 0.0117. The van der Waals surface area contributed by atoms with Gasteiger partial charge >= 0.3 is 156 Å². The molecule has 1 aliphatic rings. The van der Waals surface area contributed by atoms with Crippen LogP contribution in [0.15, 0.2) is 46.4 Å². The van der Waals surface area contributed by atoms with Crippen LogP contribution in [-0.4, -0.2) is 73.1 Å². The number of aliphatic carboxylic acids is 1. The van der Waals surface area contributed by atoms with Crippen molar-refractivity contribution in [1.29, 1.82) is 0 Å². The number of carboxylic acid groups (broad SMARTS) is 1. The Bertz CT molecular complexity index is 1180. The Morgan fingerprint density at radius 1 is 1.31 bits per heavy atom. The number of methoxy groups -OCH3 is 1. The molecule has 2 N–H and O–H groups in total. The van der Waals surface area contributed by atoms with Gasteiger partial charge in [-0.2, -0.15) is 0 Å². The summed E-state index contributed by atoms with van der Waals surface area (Å²) in [6.07, 6.45) is 0.413. The van der Waals surface area contributed by atoms with Crippen LogP contribution in [0.4, 0.5) is 8.78 Å². The molecular weight excluding hydrogens is 553 g/mol. The van der Waals surface area contributed by atoms with Crippen molar-refractivity contribution in [2.24, 2.45) is 11.8 Å². The van der Waals surface area contributed by atoms with Gasteiger partial charge in [0.25, 0.3) is 0 Å². The van der Waals surface area contributed by atoms with E-state index in [2.05, 4.69) is 9.88 Å². The molecule has 0 saturated carbocycles. The average molecular weight is 584 g/mol. The van der Waals surface area contributed by atoms with Crippen LogP contribution in [-0.2, 0) is 4.79 Å². The van der Waals surface area contributed by atoms with Crippen LogP contribution in [0.5, 0.6) is 5.75 Å². The topological polar surface area (TPSA) is 82.9 Å². The summed E-state index contributed by atoms with van der Waals surface area (Å²) in [5.74, 6) is 0.135. The summed E-state index contributed by atoms with van der Waals surface area (Å²) in [5.41, 5.74) is 1.55. The molecule has 0 spiro atoms. The van der Waals surface area contributed by atoms with Crippen molar-refractivity contribution in [3.8, 4) is 5.75 Å². The summed E-state index contributed by atoms with van der Waals surface area (Å²) in [5, 5.41) is 21.7. The van der Waals surface area contributed by atoms with Crippen LogP contribution in [0.1, 0.15) is 41.8 Å². The van der Waals surface area contributed by atoms with E-state index in [1.54, 1.807) is 31.1 Å². The van der Waals surface area contributed by atoms with Crippen LogP contribution >= 0.6 is 11.8 Å². The number of alkyl halides is 2. The van der Waals surface area contributed by atoms with Crippen LogP contribution in [0.2, 0.25) is 0 Å². The molecule has 1 aliphatic heterocycles. The number of ether oxygens (including phenoxy) is 1. The molecule has 0 bridgehead atoms. The van der Waals surface area contributed by atoms with E-state index >= 15 is 0 Å². The molecule has 0 unspecified atom stereocenters. The Hall–Kier alpha value is -1.97. The Morgan fingerprint density at radius 3 is 2.86 bits per heavy atom. The van der Waals surface area contributed by atoms with Gasteiger partial charge in [-0.25, -0.2) is 0 Å². The summed E-state index contributed by atoms with van der Waals surface area (Å²) >= 11 is 1.30. The number of aromatic nitrogens is 1. The third-order valence-electron chi connectivity index (χ3n) is 6.78. The molecule has 0 amide bonds. The summed E-state index contributed by atoms with van der Waals surface area (Å²) in [7, 11) is 1.60. The van der Waals surface area contributed by atoms with Gasteiger partial charge in [0.15, 0.2) is 0 Å². The van der Waals surface area contributed by atoms with Gasteiger partial charge in [-0.15, -0.1) is 0 Å². The zero-order chi connectivity index (χ0) is 25.7. The molecular formula is C26H30F2N2O4SSe. The maximum Gasteiger partial charge on any atom is 0.00964 e. The molecule has 4 rings (SSSR count). The molecule has 6 nitrogen and oxygen atoms in total. The third-order valence-corrected chi connectivity index (χ3v) is 10.6. The van der Waals surface area contributed by atoms with Gasteiger partial charge in [-0.05, 0) is 24.3 Å². The van der Waals surface area contributed by atoms with Crippen molar-refractivity contribution in [2.75, 3.05) is 32.5 Å². The van der Waals surface area contributed by atoms with E-state index in [4.69, 9.17) is 4.74 Å². The van der Waals surface area contributed by atoms with Crippen molar-refractivity contribution in [2.45, 2.75) is 35.6 Å². The molecule has 2 aromatic heterocycles. The van der Waals surface area contributed by atoms with E-state index in [0.29, 0.717) is 25.1 Å². The van der Waals surface area contributed by atoms with Gasteiger partial charge in [0.05, 0.1) is 12.6 Å². The molecule has 1 aromatic carbocycles. The van der Waals surface area contributed by atoms with Crippen LogP contribution in [0, 0.1) is 11.8 Å². The number of rotatable bonds is 11. The number of thioether (sulfide) groups is 1. The molecule has 1 saturated heterocycles. The van der Waals surface area contributed by atoms with Crippen molar-refractivity contribution in [3.05, 3.63) is 52.6 Å². The number of aliphatic hydroxyl groups is 1. The fourth-order valence-electron chi connectivity index (χ4n) is 4.79. The van der Waals surface area contributed by atoms with Gasteiger partial charge in [0, 0.05) is 11.6 Å². The normalized spacial score (nSPS) is 19.6. The quantitative estimate of drug-likeness (QED) is 0.246. The predicted octanol–water partition coefficient (Wildman–Crippen LogP) is 4.87. The Kier molecular flexibility index (Phi) is 9.41. The Balaban J connectivity index is 1.31. The molecule has 0 aliphatic carbocycles. The number of halogens is 2. The molecule has 36 heavy (non-hydrogen) atoms. The number of carboxylic acids is 1. The van der Waals surface area contributed by atoms with Gasteiger partial charge < -0.3 is 4.74 Å². The number of likely N-dealkylation sites (tertiary alicyclic amines) is 1. The van der Waals surface area contributed by atoms with Gasteiger partial charge in [0.1, 0.15) is 5.75 Å². The maximum absolute atomic E-state index is 12.8. The largest absolute Gasteiger partial charge is 0.0102 e. The third kappa shape index (κ3) is 6.66. The molecule has 3 aromatic rings. The number of aliphatic hydroxyl groups excluding tert-OH is 1. The first-order valence-electron chi connectivity index (χ1n) is 11.9. The molecule has 10 heteroatoms. The molecule has 0 radical (unpaired) electrons. The number of hydrogen-bond acceptors (Lipinski definition) is 6. The predicted molar refractivity (Wildman–Crippen MR) is 137 cm³/mol. The minimum Gasteiger partial charge on any atom is -0.0102 e. The van der Waals surface area contributed by atoms with E-state index in [9.17, 15) is 23.8 Å². The number of hydrogen-bond donors (Lipinski definition) is 2. The zero-order valence-corrected chi connectivity index (χ0v) is 22.5. The van der Waals surface area contributed by atoms with E-state index in [1.807, 2.05) is 24.3 Å². The maximum atomic E-state index is 12.8. The number of benzene rings is 1. The van der Waals surface area contributed by atoms with Gasteiger partial charge in [-0.3, -0.25) is 4.98 Å². The summed E-state index contributed by atoms with van der Waals surface area (Å²) < 4.78 is 32.2. The van der Waals surface area contributed by atoms with Crippen molar-refractivity contribution >= 4 is 43.1 Å². The zero-order valence-electron chi connectivity index (χ0n) is 20.0. The smallest absolute Gasteiger partial charge is 0.00964 e. The van der Waals surface area contributed by atoms with E-state index in [-0.39, 0.29) is 24.9 Å². The standard InChI is InChI=1S/C26H30F2N2O4SSe/c1-34-17-3-4-21-19(14-17)18(8-10-29-21)22(31)5-2-16-9-11-30(15-20(16)26(32)33)12-13-35-24-7-6-23(36-24)25(27)28/h3-4,6-8,10,14,16,20,22,25,31H,2,5,9,11-13,15H2,1H3,(H,32,33)/t16-,20+,22+/m1/s1. The van der Waals surface area contributed by atoms with E-state index in [0.717, 1.165) is 45.5 Å². The molecule has 3 heterocycles. The SMILES string of the molecule is COc1ccc2nccc([C@@H](O)CC[C@@H]3CCN(CCSc4ccc(C(F)F)[se]4)C[C@@H]3C(=O)O)c2c1. The average Bonchev–Trinajstić information content (AvgIpc) is 3.36. The number of carbonyl (C=O) groups is 1. The monoisotopic (exact) mass is 584 g/mol. The van der Waals surface area contributed by atoms with Crippen LogP contribution in [0.3, 0.4) is 0 Å². The fraction of sp³-hybridized carbons (Fsp3) is 0.462. The van der Waals surface area contributed by atoms with Crippen molar-refractivity contribution in [3.63, 3.8) is 0 Å². The summed E-state index contributed by atoms with van der Waals surface area (Å²) in [4.78, 5) is 18.6. The van der Waals surface area contributed by atoms with Crippen LogP contribution < -0.4 is 4.74 Å². The molecule has 194 valence electrons. The molecule has 1 fully saturated rings. The van der Waals surface area contributed by atoms with Crippen LogP contribution in [0.25, 0.3) is 10.9 Å². The second-order valence-corrected chi connectivity index (χ2v) is 13.0. The number of pyridine rings is 1. The minimum atomic E-state index is -2.38. The van der Waals surface area contributed by atoms with Crippen molar-refractivity contribution in [1.82, 2.24) is 9.88 Å². The second-order valence-electron chi connectivity index (χ2n) is 8.98. The first kappa shape index (κ1) is 27.1. The Morgan fingerprint density at radius 2 is 2.14 bits per heavy atom. The number of piperidine rings is 1. The summed E-state index contributed by atoms with van der Waals surface area (Å²) in [6, 6.07) is 10.7. The first-order valence-corrected chi connectivity index (χ1v) is 14.6.